The number of ether oxygens (including phenoxy) is 1. The first-order chi connectivity index (χ1) is 15.4. The maximum atomic E-state index is 14.1. The Labute approximate surface area is 182 Å². The number of fused-ring (bicyclic) bond motifs is 1. The van der Waals surface area contributed by atoms with Gasteiger partial charge in [0.2, 0.25) is 0 Å². The van der Waals surface area contributed by atoms with E-state index in [-0.39, 0.29) is 0 Å². The van der Waals surface area contributed by atoms with Crippen molar-refractivity contribution in [1.29, 1.82) is 0 Å². The number of rotatable bonds is 4. The summed E-state index contributed by atoms with van der Waals surface area (Å²) in [6, 6.07) is 30.2. The van der Waals surface area contributed by atoms with Crippen molar-refractivity contribution >= 4 is 17.1 Å². The van der Waals surface area contributed by atoms with Gasteiger partial charge in [0.25, 0.3) is 0 Å². The van der Waals surface area contributed by atoms with Crippen LogP contribution in [-0.4, -0.2) is 0 Å². The van der Waals surface area contributed by atoms with Crippen molar-refractivity contribution in [2.45, 2.75) is 12.2 Å². The Morgan fingerprint density at radius 2 is 1.03 bits per heavy atom. The Kier molecular flexibility index (Phi) is 4.75. The van der Waals surface area contributed by atoms with Gasteiger partial charge in [0.05, 0.1) is 11.1 Å². The molecule has 0 saturated carbocycles. The van der Waals surface area contributed by atoms with Gasteiger partial charge < -0.3 is 4.90 Å². The molecule has 4 aromatic rings. The first kappa shape index (κ1) is 20.3. The molecule has 0 fully saturated rings. The molecule has 4 aromatic carbocycles. The first-order valence-electron chi connectivity index (χ1n) is 9.97. The summed E-state index contributed by atoms with van der Waals surface area (Å²) >= 11 is 0. The Bertz CT molecular complexity index is 1220. The minimum Gasteiger partial charge on any atom is -0.310 e. The summed E-state index contributed by atoms with van der Waals surface area (Å²) in [4.78, 5) is 2.03. The van der Waals surface area contributed by atoms with Gasteiger partial charge in [-0.3, -0.25) is 0 Å². The molecule has 32 heavy (non-hydrogen) atoms. The quantitative estimate of drug-likeness (QED) is 0.302. The molecule has 1 aliphatic rings. The highest BCUT2D eigenvalue weighted by Gasteiger charge is 2.57. The Hall–Kier alpha value is -3.64. The summed E-state index contributed by atoms with van der Waals surface area (Å²) in [6.45, 7) is 0. The average Bonchev–Trinajstić information content (AvgIpc) is 2.99. The van der Waals surface area contributed by atoms with E-state index in [1.807, 2.05) is 77.7 Å². The third-order valence-electron chi connectivity index (χ3n) is 5.37. The topological polar surface area (TPSA) is 12.5 Å². The van der Waals surface area contributed by atoms with Crippen LogP contribution in [0.1, 0.15) is 11.1 Å². The summed E-state index contributed by atoms with van der Waals surface area (Å²) < 4.78 is 59.4. The smallest absolute Gasteiger partial charge is 0.310 e. The fraction of sp³-hybridized carbons (Fsp3) is 0.0769. The van der Waals surface area contributed by atoms with Crippen molar-refractivity contribution < 1.29 is 22.3 Å². The fourth-order valence-electron chi connectivity index (χ4n) is 3.92. The second-order valence-electron chi connectivity index (χ2n) is 7.45. The lowest BCUT2D eigenvalue weighted by Gasteiger charge is -2.26. The van der Waals surface area contributed by atoms with Gasteiger partial charge in [-0.15, -0.1) is 0 Å². The number of hydrogen-bond donors (Lipinski definition) is 0. The van der Waals surface area contributed by atoms with Crippen molar-refractivity contribution in [2.24, 2.45) is 0 Å². The zero-order chi connectivity index (χ0) is 22.3. The lowest BCUT2D eigenvalue weighted by atomic mass is 9.98. The summed E-state index contributed by atoms with van der Waals surface area (Å²) in [5.41, 5.74) is 2.04. The van der Waals surface area contributed by atoms with Crippen molar-refractivity contribution in [3.05, 3.63) is 114 Å². The number of hydrogen-bond acceptors (Lipinski definition) is 2. The number of nitrogens with zero attached hydrogens (tertiary/aromatic N) is 1. The molecule has 160 valence electrons. The maximum absolute atomic E-state index is 14.1. The van der Waals surface area contributed by atoms with E-state index in [4.69, 9.17) is 0 Å². The van der Waals surface area contributed by atoms with Crippen LogP contribution in [0.4, 0.5) is 34.6 Å². The van der Waals surface area contributed by atoms with Crippen molar-refractivity contribution in [1.82, 2.24) is 0 Å². The Balaban J connectivity index is 1.61. The van der Waals surface area contributed by atoms with Crippen LogP contribution < -0.4 is 4.90 Å². The molecule has 6 heteroatoms. The van der Waals surface area contributed by atoms with E-state index in [0.717, 1.165) is 29.2 Å². The highest BCUT2D eigenvalue weighted by molar-refractivity contribution is 5.80. The van der Waals surface area contributed by atoms with Gasteiger partial charge in [0.1, 0.15) is 0 Å². The van der Waals surface area contributed by atoms with E-state index in [2.05, 4.69) is 4.74 Å². The molecule has 1 aliphatic heterocycles. The molecule has 0 aromatic heterocycles. The molecule has 0 bridgehead atoms. The SMILES string of the molecule is FC1(F)OC(F)(F)c2cc(-c3cccc(N(c4ccccc4)c4ccccc4)c3)ccc21. The molecule has 5 rings (SSSR count). The zero-order valence-electron chi connectivity index (χ0n) is 16.7. The highest BCUT2D eigenvalue weighted by Crippen LogP contribution is 2.51. The summed E-state index contributed by atoms with van der Waals surface area (Å²) in [5, 5.41) is 0. The molecule has 0 aliphatic carbocycles. The van der Waals surface area contributed by atoms with E-state index >= 15 is 0 Å². The second-order valence-corrected chi connectivity index (χ2v) is 7.45. The van der Waals surface area contributed by atoms with Gasteiger partial charge in [-0.25, -0.2) is 4.74 Å². The van der Waals surface area contributed by atoms with E-state index in [1.54, 1.807) is 12.1 Å². The van der Waals surface area contributed by atoms with Gasteiger partial charge in [-0.05, 0) is 59.7 Å². The minimum atomic E-state index is -4.05. The zero-order valence-corrected chi connectivity index (χ0v) is 16.7. The minimum absolute atomic E-state index is 0.396. The van der Waals surface area contributed by atoms with Gasteiger partial charge in [-0.1, -0.05) is 54.6 Å². The third kappa shape index (κ3) is 3.52. The number of para-hydroxylation sites is 2. The largest absolute Gasteiger partial charge is 0.388 e. The summed E-state index contributed by atoms with van der Waals surface area (Å²) in [5.74, 6) is 0. The number of anilines is 3. The third-order valence-corrected chi connectivity index (χ3v) is 5.37. The van der Waals surface area contributed by atoms with Crippen LogP contribution in [0.5, 0.6) is 0 Å². The molecule has 1 heterocycles. The monoisotopic (exact) mass is 435 g/mol. The lowest BCUT2D eigenvalue weighted by molar-refractivity contribution is -0.369. The standard InChI is InChI=1S/C26H17F4NO/c27-25(28)23-15-14-19(17-24(23)26(29,30)32-25)18-8-7-13-22(16-18)31(20-9-3-1-4-10-20)21-11-5-2-6-12-21/h1-17H. The van der Waals surface area contributed by atoms with Crippen LogP contribution in [0.25, 0.3) is 11.1 Å². The highest BCUT2D eigenvalue weighted by atomic mass is 19.3. The molecule has 0 saturated heterocycles. The lowest BCUT2D eigenvalue weighted by Crippen LogP contribution is -2.17. The predicted octanol–water partition coefficient (Wildman–Crippen LogP) is 7.95. The summed E-state index contributed by atoms with van der Waals surface area (Å²) in [6.07, 6.45) is -8.07. The molecule has 0 N–H and O–H groups in total. The summed E-state index contributed by atoms with van der Waals surface area (Å²) in [7, 11) is 0. The van der Waals surface area contributed by atoms with Crippen LogP contribution in [0, 0.1) is 0 Å². The van der Waals surface area contributed by atoms with Crippen molar-refractivity contribution in [3.63, 3.8) is 0 Å². The molecular weight excluding hydrogens is 418 g/mol. The average molecular weight is 435 g/mol. The normalized spacial score (nSPS) is 15.9. The molecule has 0 unspecified atom stereocenters. The van der Waals surface area contributed by atoms with Crippen molar-refractivity contribution in [2.75, 3.05) is 4.90 Å². The van der Waals surface area contributed by atoms with Crippen LogP contribution >= 0.6 is 0 Å². The number of benzene rings is 4. The Morgan fingerprint density at radius 3 is 1.66 bits per heavy atom. The van der Waals surface area contributed by atoms with Gasteiger partial charge in [-0.2, -0.15) is 17.6 Å². The molecular formula is C26H17F4NO. The van der Waals surface area contributed by atoms with Crippen LogP contribution in [0.2, 0.25) is 0 Å². The Morgan fingerprint density at radius 1 is 0.500 bits per heavy atom. The van der Waals surface area contributed by atoms with E-state index in [1.165, 1.54) is 6.07 Å². The number of alkyl halides is 4. The number of halogens is 4. The predicted molar refractivity (Wildman–Crippen MR) is 115 cm³/mol. The fourth-order valence-corrected chi connectivity index (χ4v) is 3.92. The van der Waals surface area contributed by atoms with Crippen molar-refractivity contribution in [3.8, 4) is 11.1 Å². The van der Waals surface area contributed by atoms with E-state index in [9.17, 15) is 17.6 Å². The van der Waals surface area contributed by atoms with Gasteiger partial charge in [0.15, 0.2) is 0 Å². The first-order valence-corrected chi connectivity index (χ1v) is 9.97. The van der Waals surface area contributed by atoms with Crippen LogP contribution in [0.15, 0.2) is 103 Å². The second kappa shape index (κ2) is 7.50. The molecule has 0 spiro atoms. The molecule has 0 radical (unpaired) electrons. The molecule has 0 amide bonds. The molecule has 0 atom stereocenters. The van der Waals surface area contributed by atoms with E-state index in [0.29, 0.717) is 11.1 Å². The van der Waals surface area contributed by atoms with Crippen LogP contribution in [0.3, 0.4) is 0 Å². The van der Waals surface area contributed by atoms with Gasteiger partial charge in [0, 0.05) is 17.1 Å². The van der Waals surface area contributed by atoms with E-state index < -0.39 is 23.3 Å². The van der Waals surface area contributed by atoms with Crippen LogP contribution in [-0.2, 0) is 17.0 Å². The van der Waals surface area contributed by atoms with Gasteiger partial charge >= 0.3 is 12.2 Å². The molecule has 2 nitrogen and oxygen atoms in total. The maximum Gasteiger partial charge on any atom is 0.388 e.